The third-order valence-corrected chi connectivity index (χ3v) is 3.30. The maximum absolute atomic E-state index is 5.67. The summed E-state index contributed by atoms with van der Waals surface area (Å²) < 4.78 is 16.6. The van der Waals surface area contributed by atoms with Crippen LogP contribution in [0.5, 0.6) is 0 Å². The molecule has 3 heterocycles. The van der Waals surface area contributed by atoms with E-state index in [1.807, 2.05) is 0 Å². The van der Waals surface area contributed by atoms with E-state index in [1.54, 1.807) is 0 Å². The van der Waals surface area contributed by atoms with Crippen molar-refractivity contribution in [2.45, 2.75) is 24.7 Å². The molecular formula is C10H17NO3. The van der Waals surface area contributed by atoms with Crippen molar-refractivity contribution < 1.29 is 14.2 Å². The molecule has 3 rings (SSSR count). The minimum Gasteiger partial charge on any atom is -0.372 e. The first kappa shape index (κ1) is 9.09. The molecule has 0 aliphatic carbocycles. The molecule has 0 unspecified atom stereocenters. The summed E-state index contributed by atoms with van der Waals surface area (Å²) in [5, 5.41) is 0. The summed E-state index contributed by atoms with van der Waals surface area (Å²) in [6.45, 7) is 5.75. The van der Waals surface area contributed by atoms with Crippen LogP contribution in [-0.2, 0) is 14.2 Å². The molecule has 0 N–H and O–H groups in total. The fourth-order valence-corrected chi connectivity index (χ4v) is 2.32. The second kappa shape index (κ2) is 3.45. The lowest BCUT2D eigenvalue weighted by Gasteiger charge is -2.37. The quantitative estimate of drug-likeness (QED) is 0.596. The Hall–Kier alpha value is -0.160. The second-order valence-corrected chi connectivity index (χ2v) is 4.36. The first-order valence-corrected chi connectivity index (χ1v) is 5.48. The van der Waals surface area contributed by atoms with Gasteiger partial charge in [0.1, 0.15) is 0 Å². The molecule has 3 aliphatic rings. The van der Waals surface area contributed by atoms with E-state index in [9.17, 15) is 0 Å². The molecule has 0 radical (unpaired) electrons. The molecule has 0 aromatic heterocycles. The van der Waals surface area contributed by atoms with Crippen LogP contribution in [0, 0.1) is 0 Å². The lowest BCUT2D eigenvalue weighted by molar-refractivity contribution is -0.185. The molecule has 4 heteroatoms. The van der Waals surface area contributed by atoms with Crippen LogP contribution < -0.4 is 0 Å². The molecule has 3 aliphatic heterocycles. The van der Waals surface area contributed by atoms with Crippen molar-refractivity contribution in [3.63, 3.8) is 0 Å². The van der Waals surface area contributed by atoms with Gasteiger partial charge in [0.05, 0.1) is 25.9 Å². The summed E-state index contributed by atoms with van der Waals surface area (Å²) in [6.07, 6.45) is 2.54. The Labute approximate surface area is 84.1 Å². The molecule has 3 saturated heterocycles. The summed E-state index contributed by atoms with van der Waals surface area (Å²) in [7, 11) is 0. The van der Waals surface area contributed by atoms with Crippen LogP contribution in [0.2, 0.25) is 0 Å². The van der Waals surface area contributed by atoms with Crippen LogP contribution in [-0.4, -0.2) is 56.2 Å². The van der Waals surface area contributed by atoms with Crippen molar-refractivity contribution in [2.24, 2.45) is 0 Å². The van der Waals surface area contributed by atoms with Gasteiger partial charge < -0.3 is 19.1 Å². The highest BCUT2D eigenvalue weighted by Crippen LogP contribution is 2.31. The second-order valence-electron chi connectivity index (χ2n) is 4.36. The van der Waals surface area contributed by atoms with Gasteiger partial charge in [-0.1, -0.05) is 0 Å². The lowest BCUT2D eigenvalue weighted by atomic mass is 10.0. The summed E-state index contributed by atoms with van der Waals surface area (Å²) in [4.78, 5) is 2.45. The molecule has 1 atom stereocenters. The average molecular weight is 199 g/mol. The molecule has 80 valence electrons. The SMILES string of the molecule is C1COC2(CCN(C[C@@H]3CO3)CC2)O1. The zero-order valence-electron chi connectivity index (χ0n) is 8.41. The smallest absolute Gasteiger partial charge is 0.170 e. The Kier molecular flexibility index (Phi) is 2.24. The maximum Gasteiger partial charge on any atom is 0.170 e. The van der Waals surface area contributed by atoms with Gasteiger partial charge >= 0.3 is 0 Å². The van der Waals surface area contributed by atoms with Gasteiger partial charge in [-0.25, -0.2) is 0 Å². The van der Waals surface area contributed by atoms with E-state index < -0.39 is 0 Å². The predicted molar refractivity (Wildman–Crippen MR) is 50.0 cm³/mol. The highest BCUT2D eigenvalue weighted by molar-refractivity contribution is 4.85. The molecule has 14 heavy (non-hydrogen) atoms. The van der Waals surface area contributed by atoms with Gasteiger partial charge in [-0.3, -0.25) is 0 Å². The topological polar surface area (TPSA) is 34.2 Å². The van der Waals surface area contributed by atoms with Crippen LogP contribution in [0.1, 0.15) is 12.8 Å². The van der Waals surface area contributed by atoms with Crippen LogP contribution in [0.4, 0.5) is 0 Å². The monoisotopic (exact) mass is 199 g/mol. The van der Waals surface area contributed by atoms with E-state index >= 15 is 0 Å². The number of hydrogen-bond donors (Lipinski definition) is 0. The van der Waals surface area contributed by atoms with E-state index in [2.05, 4.69) is 4.90 Å². The first-order chi connectivity index (χ1) is 6.86. The zero-order valence-corrected chi connectivity index (χ0v) is 8.41. The summed E-state index contributed by atoms with van der Waals surface area (Å²) in [5.74, 6) is -0.221. The number of likely N-dealkylation sites (tertiary alicyclic amines) is 1. The first-order valence-electron chi connectivity index (χ1n) is 5.48. The maximum atomic E-state index is 5.67. The van der Waals surface area contributed by atoms with Crippen LogP contribution >= 0.6 is 0 Å². The van der Waals surface area contributed by atoms with Crippen LogP contribution in [0.15, 0.2) is 0 Å². The third kappa shape index (κ3) is 1.80. The standard InChI is InChI=1S/C10H17NO3/c1-3-11(7-9-8-12-9)4-2-10(1)13-5-6-14-10/h9H,1-8H2/t9-/m1/s1. The number of epoxide rings is 1. The van der Waals surface area contributed by atoms with Gasteiger partial charge in [-0.05, 0) is 0 Å². The fraction of sp³-hybridized carbons (Fsp3) is 1.00. The van der Waals surface area contributed by atoms with Gasteiger partial charge in [-0.15, -0.1) is 0 Å². The normalized spacial score (nSPS) is 36.4. The molecule has 0 bridgehead atoms. The van der Waals surface area contributed by atoms with Crippen molar-refractivity contribution in [3.8, 4) is 0 Å². The molecule has 3 fully saturated rings. The van der Waals surface area contributed by atoms with Gasteiger partial charge in [-0.2, -0.15) is 0 Å². The lowest BCUT2D eigenvalue weighted by Crippen LogP contribution is -2.46. The number of piperidine rings is 1. The zero-order chi connectivity index (χ0) is 9.43. The van der Waals surface area contributed by atoms with Crippen molar-refractivity contribution in [1.29, 1.82) is 0 Å². The van der Waals surface area contributed by atoms with Crippen molar-refractivity contribution in [2.75, 3.05) is 39.5 Å². The Balaban J connectivity index is 1.50. The van der Waals surface area contributed by atoms with E-state index in [-0.39, 0.29) is 5.79 Å². The van der Waals surface area contributed by atoms with E-state index in [0.29, 0.717) is 6.10 Å². The fourth-order valence-electron chi connectivity index (χ4n) is 2.32. The minimum absolute atomic E-state index is 0.221. The van der Waals surface area contributed by atoms with Crippen LogP contribution in [0.25, 0.3) is 0 Å². The molecule has 1 spiro atoms. The minimum atomic E-state index is -0.221. The summed E-state index contributed by atoms with van der Waals surface area (Å²) in [5.41, 5.74) is 0. The molecule has 0 saturated carbocycles. The van der Waals surface area contributed by atoms with Crippen molar-refractivity contribution in [3.05, 3.63) is 0 Å². The number of hydrogen-bond acceptors (Lipinski definition) is 4. The molecule has 4 nitrogen and oxygen atoms in total. The highest BCUT2D eigenvalue weighted by Gasteiger charge is 2.40. The summed E-state index contributed by atoms with van der Waals surface area (Å²) >= 11 is 0. The van der Waals surface area contributed by atoms with Crippen molar-refractivity contribution >= 4 is 0 Å². The molecule has 0 aromatic carbocycles. The van der Waals surface area contributed by atoms with E-state index in [0.717, 1.165) is 52.3 Å². The van der Waals surface area contributed by atoms with Gasteiger partial charge in [0.25, 0.3) is 0 Å². The predicted octanol–water partition coefficient (Wildman–Crippen LogP) is 0.224. The van der Waals surface area contributed by atoms with Crippen molar-refractivity contribution in [1.82, 2.24) is 4.90 Å². The number of ether oxygens (including phenoxy) is 3. The Morgan fingerprint density at radius 1 is 1.14 bits per heavy atom. The Morgan fingerprint density at radius 2 is 1.79 bits per heavy atom. The van der Waals surface area contributed by atoms with Gasteiger partial charge in [0.15, 0.2) is 5.79 Å². The Bertz CT molecular complexity index is 201. The summed E-state index contributed by atoms with van der Waals surface area (Å²) in [6, 6.07) is 0. The molecule has 0 aromatic rings. The molecular weight excluding hydrogens is 182 g/mol. The molecule has 0 amide bonds. The van der Waals surface area contributed by atoms with Gasteiger partial charge in [0.2, 0.25) is 0 Å². The number of nitrogens with zero attached hydrogens (tertiary/aromatic N) is 1. The van der Waals surface area contributed by atoms with E-state index in [1.165, 1.54) is 0 Å². The van der Waals surface area contributed by atoms with Gasteiger partial charge in [0, 0.05) is 32.5 Å². The highest BCUT2D eigenvalue weighted by atomic mass is 16.7. The third-order valence-electron chi connectivity index (χ3n) is 3.30. The average Bonchev–Trinajstić information content (AvgIpc) is 2.91. The Morgan fingerprint density at radius 3 is 2.36 bits per heavy atom. The number of rotatable bonds is 2. The largest absolute Gasteiger partial charge is 0.372 e. The van der Waals surface area contributed by atoms with E-state index in [4.69, 9.17) is 14.2 Å². The van der Waals surface area contributed by atoms with Crippen LogP contribution in [0.3, 0.4) is 0 Å².